The van der Waals surface area contributed by atoms with E-state index in [0.29, 0.717) is 6.42 Å². The zero-order valence-corrected chi connectivity index (χ0v) is 6.42. The summed E-state index contributed by atoms with van der Waals surface area (Å²) < 4.78 is 0. The van der Waals surface area contributed by atoms with Gasteiger partial charge in [-0.05, 0) is 20.3 Å². The highest BCUT2D eigenvalue weighted by Gasteiger charge is 1.95. The highest BCUT2D eigenvalue weighted by molar-refractivity contribution is 5.56. The van der Waals surface area contributed by atoms with Crippen molar-refractivity contribution in [3.63, 3.8) is 0 Å². The minimum atomic E-state index is 0.125. The van der Waals surface area contributed by atoms with Crippen LogP contribution in [0.1, 0.15) is 19.8 Å². The summed E-state index contributed by atoms with van der Waals surface area (Å²) in [5.41, 5.74) is 0. The van der Waals surface area contributed by atoms with Crippen LogP contribution < -0.4 is 0 Å². The van der Waals surface area contributed by atoms with Crippen molar-refractivity contribution in [1.82, 2.24) is 0 Å². The van der Waals surface area contributed by atoms with Crippen LogP contribution in [0.25, 0.3) is 0 Å². The van der Waals surface area contributed by atoms with Crippen LogP contribution in [0.5, 0.6) is 0 Å². The van der Waals surface area contributed by atoms with Crippen LogP contribution in [0.15, 0.2) is 17.8 Å². The van der Waals surface area contributed by atoms with Crippen molar-refractivity contribution >= 4 is 6.21 Å². The number of nitrogens with zero attached hydrogens (tertiary/aromatic N) is 1. The molecule has 0 heterocycles. The van der Waals surface area contributed by atoms with Crippen LogP contribution in [0.2, 0.25) is 0 Å². The third-order valence-corrected chi connectivity index (χ3v) is 0.943. The molecule has 0 aromatic heterocycles. The summed E-state index contributed by atoms with van der Waals surface area (Å²) in [5, 5.41) is 3.67. The summed E-state index contributed by atoms with van der Waals surface area (Å²) in [5.74, 6) is 0. The van der Waals surface area contributed by atoms with Gasteiger partial charge in [0.15, 0.2) is 0 Å². The molecule has 0 aliphatic heterocycles. The second kappa shape index (κ2) is 6.33. The second-order valence-corrected chi connectivity index (χ2v) is 2.02. The van der Waals surface area contributed by atoms with Gasteiger partial charge in [-0.3, -0.25) is 0 Å². The molecule has 0 aliphatic rings. The molecule has 2 heteroatoms. The van der Waals surface area contributed by atoms with Gasteiger partial charge in [-0.2, -0.15) is 0 Å². The van der Waals surface area contributed by atoms with E-state index in [9.17, 15) is 0 Å². The van der Waals surface area contributed by atoms with E-state index >= 15 is 0 Å². The van der Waals surface area contributed by atoms with Crippen molar-refractivity contribution in [3.05, 3.63) is 19.6 Å². The lowest BCUT2D eigenvalue weighted by atomic mass is 10.3. The standard InChI is InChI=1S/C8H14NO/c1-4-6-8(3)10-9-7-5-2/h4,7-8H,1-2,5-6H2,3H3. The summed E-state index contributed by atoms with van der Waals surface area (Å²) in [7, 11) is 0. The minimum absolute atomic E-state index is 0.125. The van der Waals surface area contributed by atoms with Crippen LogP contribution in [0, 0.1) is 6.92 Å². The van der Waals surface area contributed by atoms with Gasteiger partial charge in [-0.15, -0.1) is 6.58 Å². The molecular formula is C8H14NO. The lowest BCUT2D eigenvalue weighted by molar-refractivity contribution is 0.0757. The Labute approximate surface area is 62.6 Å². The number of hydrogen-bond acceptors (Lipinski definition) is 2. The van der Waals surface area contributed by atoms with Crippen LogP contribution in [-0.4, -0.2) is 12.3 Å². The fourth-order valence-corrected chi connectivity index (χ4v) is 0.477. The monoisotopic (exact) mass is 140 g/mol. The molecule has 57 valence electrons. The normalized spacial score (nSPS) is 13.4. The van der Waals surface area contributed by atoms with Crippen molar-refractivity contribution in [2.24, 2.45) is 5.16 Å². The first-order valence-electron chi connectivity index (χ1n) is 3.39. The molecule has 0 fully saturated rings. The fraction of sp³-hybridized carbons (Fsp3) is 0.500. The maximum Gasteiger partial charge on any atom is 0.128 e. The Morgan fingerprint density at radius 2 is 2.40 bits per heavy atom. The summed E-state index contributed by atoms with van der Waals surface area (Å²) in [6, 6.07) is 0. The summed E-state index contributed by atoms with van der Waals surface area (Å²) in [6.45, 7) is 9.11. The van der Waals surface area contributed by atoms with Crippen molar-refractivity contribution in [3.8, 4) is 0 Å². The maximum atomic E-state index is 4.98. The number of rotatable bonds is 5. The van der Waals surface area contributed by atoms with Crippen LogP contribution >= 0.6 is 0 Å². The van der Waals surface area contributed by atoms with Gasteiger partial charge in [0.25, 0.3) is 0 Å². The van der Waals surface area contributed by atoms with Gasteiger partial charge in [0.2, 0.25) is 0 Å². The molecule has 1 unspecified atom stereocenters. The summed E-state index contributed by atoms with van der Waals surface area (Å²) >= 11 is 0. The van der Waals surface area contributed by atoms with Crippen molar-refractivity contribution in [2.45, 2.75) is 25.9 Å². The van der Waals surface area contributed by atoms with Crippen LogP contribution in [0.4, 0.5) is 0 Å². The second-order valence-electron chi connectivity index (χ2n) is 2.02. The summed E-state index contributed by atoms with van der Waals surface area (Å²) in [6.07, 6.45) is 5.07. The van der Waals surface area contributed by atoms with E-state index in [0.717, 1.165) is 6.42 Å². The third-order valence-electron chi connectivity index (χ3n) is 0.943. The maximum absolute atomic E-state index is 4.98. The Balaban J connectivity index is 3.28. The predicted molar refractivity (Wildman–Crippen MR) is 43.8 cm³/mol. The lowest BCUT2D eigenvalue weighted by Crippen LogP contribution is -2.01. The number of oxime groups is 1. The van der Waals surface area contributed by atoms with Crippen molar-refractivity contribution in [2.75, 3.05) is 0 Å². The van der Waals surface area contributed by atoms with Crippen LogP contribution in [0.3, 0.4) is 0 Å². The number of hydrogen-bond donors (Lipinski definition) is 0. The van der Waals surface area contributed by atoms with E-state index in [4.69, 9.17) is 4.84 Å². The van der Waals surface area contributed by atoms with Crippen LogP contribution in [-0.2, 0) is 4.84 Å². The van der Waals surface area contributed by atoms with E-state index in [1.54, 1.807) is 6.21 Å². The molecule has 0 aliphatic carbocycles. The van der Waals surface area contributed by atoms with Gasteiger partial charge >= 0.3 is 0 Å². The molecule has 0 spiro atoms. The topological polar surface area (TPSA) is 21.6 Å². The zero-order chi connectivity index (χ0) is 7.82. The molecule has 0 aromatic carbocycles. The highest BCUT2D eigenvalue weighted by atomic mass is 16.6. The lowest BCUT2D eigenvalue weighted by Gasteiger charge is -2.04. The first-order valence-corrected chi connectivity index (χ1v) is 3.39. The Hall–Kier alpha value is -0.790. The molecule has 2 nitrogen and oxygen atoms in total. The van der Waals surface area contributed by atoms with Gasteiger partial charge in [-0.25, -0.2) is 0 Å². The quantitative estimate of drug-likeness (QED) is 0.326. The van der Waals surface area contributed by atoms with E-state index in [-0.39, 0.29) is 6.10 Å². The minimum Gasteiger partial charge on any atom is -0.393 e. The van der Waals surface area contributed by atoms with Gasteiger partial charge in [0.05, 0.1) is 0 Å². The van der Waals surface area contributed by atoms with Gasteiger partial charge in [-0.1, -0.05) is 11.2 Å². The average molecular weight is 140 g/mol. The molecule has 1 radical (unpaired) electrons. The van der Waals surface area contributed by atoms with E-state index < -0.39 is 0 Å². The first-order chi connectivity index (χ1) is 4.81. The molecule has 0 N–H and O–H groups in total. The molecule has 0 amide bonds. The Morgan fingerprint density at radius 1 is 1.70 bits per heavy atom. The molecule has 1 atom stereocenters. The predicted octanol–water partition coefficient (Wildman–Crippen LogP) is 2.18. The van der Waals surface area contributed by atoms with Crippen molar-refractivity contribution < 1.29 is 4.84 Å². The summed E-state index contributed by atoms with van der Waals surface area (Å²) in [4.78, 5) is 4.98. The molecule has 0 bridgehead atoms. The van der Waals surface area contributed by atoms with Gasteiger partial charge in [0.1, 0.15) is 6.10 Å². The molecule has 10 heavy (non-hydrogen) atoms. The van der Waals surface area contributed by atoms with E-state index in [1.807, 2.05) is 13.0 Å². The first kappa shape index (κ1) is 9.21. The van der Waals surface area contributed by atoms with E-state index in [2.05, 4.69) is 18.7 Å². The Kier molecular flexibility index (Phi) is 5.83. The Morgan fingerprint density at radius 3 is 2.90 bits per heavy atom. The van der Waals surface area contributed by atoms with Gasteiger partial charge in [0, 0.05) is 12.6 Å². The SMILES string of the molecule is [CH2]CC=NOC(C)CC=C. The molecule has 0 saturated heterocycles. The molecule has 0 rings (SSSR count). The van der Waals surface area contributed by atoms with E-state index in [1.165, 1.54) is 0 Å². The largest absolute Gasteiger partial charge is 0.393 e. The smallest absolute Gasteiger partial charge is 0.128 e. The third kappa shape index (κ3) is 5.35. The van der Waals surface area contributed by atoms with Gasteiger partial charge < -0.3 is 4.84 Å². The van der Waals surface area contributed by atoms with Crippen molar-refractivity contribution in [1.29, 1.82) is 0 Å². The molecular weight excluding hydrogens is 126 g/mol. The molecule has 0 saturated carbocycles. The highest BCUT2D eigenvalue weighted by Crippen LogP contribution is 1.96. The fourth-order valence-electron chi connectivity index (χ4n) is 0.477. The molecule has 0 aromatic rings. The average Bonchev–Trinajstić information content (AvgIpc) is 1.89. The zero-order valence-electron chi connectivity index (χ0n) is 6.42. The Bertz CT molecular complexity index is 110.